The molecule has 2 atom stereocenters. The van der Waals surface area contributed by atoms with Gasteiger partial charge in [0.15, 0.2) is 0 Å². The van der Waals surface area contributed by atoms with E-state index in [-0.39, 0.29) is 35.9 Å². The third-order valence-electron chi connectivity index (χ3n) is 7.15. The van der Waals surface area contributed by atoms with Gasteiger partial charge < -0.3 is 15.5 Å². The van der Waals surface area contributed by atoms with Crippen LogP contribution < -0.4 is 10.6 Å². The molecule has 0 spiro atoms. The van der Waals surface area contributed by atoms with Gasteiger partial charge >= 0.3 is 0 Å². The number of pyridine rings is 1. The number of halogens is 1. The number of carbonyl (C=O) groups excluding carboxylic acids is 3. The highest BCUT2D eigenvalue weighted by Crippen LogP contribution is 2.31. The number of amides is 3. The van der Waals surface area contributed by atoms with Gasteiger partial charge in [0, 0.05) is 11.9 Å². The number of nitrogens with zero attached hydrogens (tertiary/aromatic N) is 2. The largest absolute Gasteiger partial charge is 0.348 e. The van der Waals surface area contributed by atoms with Crippen molar-refractivity contribution >= 4 is 34.7 Å². The molecular weight excluding hydrogens is 483 g/mol. The second-order valence-corrected chi connectivity index (χ2v) is 10.0. The van der Waals surface area contributed by atoms with Crippen LogP contribution in [-0.4, -0.2) is 46.7 Å². The third kappa shape index (κ3) is 5.90. The lowest BCUT2D eigenvalue weighted by Gasteiger charge is -2.26. The smallest absolute Gasteiger partial charge is 0.270 e. The molecule has 1 aromatic heterocycles. The fourth-order valence-electron chi connectivity index (χ4n) is 4.88. The van der Waals surface area contributed by atoms with Crippen LogP contribution in [0.3, 0.4) is 0 Å². The van der Waals surface area contributed by atoms with Crippen LogP contribution in [0.4, 0.5) is 4.39 Å². The summed E-state index contributed by atoms with van der Waals surface area (Å²) in [5.74, 6) is -0.740. The minimum Gasteiger partial charge on any atom is -0.348 e. The monoisotopic (exact) mass is 514 g/mol. The Balaban J connectivity index is 1.18. The highest BCUT2D eigenvalue weighted by atomic mass is 19.1. The van der Waals surface area contributed by atoms with E-state index in [4.69, 9.17) is 0 Å². The van der Waals surface area contributed by atoms with E-state index >= 15 is 0 Å². The van der Waals surface area contributed by atoms with E-state index in [0.717, 1.165) is 17.5 Å². The zero-order valence-electron chi connectivity index (χ0n) is 21.3. The summed E-state index contributed by atoms with van der Waals surface area (Å²) in [6, 6.07) is 14.5. The van der Waals surface area contributed by atoms with Crippen LogP contribution in [0.15, 0.2) is 60.7 Å². The molecule has 196 valence electrons. The summed E-state index contributed by atoms with van der Waals surface area (Å²) in [5, 5.41) is 6.28. The molecule has 2 aromatic carbocycles. The van der Waals surface area contributed by atoms with Crippen molar-refractivity contribution in [1.82, 2.24) is 20.5 Å². The van der Waals surface area contributed by atoms with Crippen molar-refractivity contribution in [1.29, 1.82) is 0 Å². The van der Waals surface area contributed by atoms with Crippen LogP contribution in [0.5, 0.6) is 0 Å². The molecule has 1 saturated heterocycles. The first kappa shape index (κ1) is 25.6. The van der Waals surface area contributed by atoms with Crippen LogP contribution in [0.2, 0.25) is 0 Å². The quantitative estimate of drug-likeness (QED) is 0.466. The minimum absolute atomic E-state index is 0.135. The number of likely N-dealkylation sites (tertiary alicyclic amines) is 1. The van der Waals surface area contributed by atoms with Gasteiger partial charge in [0.1, 0.15) is 17.6 Å². The average molecular weight is 515 g/mol. The molecule has 3 aromatic rings. The molecule has 2 heterocycles. The van der Waals surface area contributed by atoms with E-state index in [2.05, 4.69) is 27.8 Å². The van der Waals surface area contributed by atoms with Gasteiger partial charge in [0.2, 0.25) is 11.8 Å². The van der Waals surface area contributed by atoms with E-state index in [1.807, 2.05) is 31.2 Å². The van der Waals surface area contributed by atoms with Crippen molar-refractivity contribution in [3.8, 4) is 0 Å². The molecule has 2 N–H and O–H groups in total. The van der Waals surface area contributed by atoms with Gasteiger partial charge in [-0.15, -0.1) is 0 Å². The van der Waals surface area contributed by atoms with Gasteiger partial charge in [-0.25, -0.2) is 9.37 Å². The maximum Gasteiger partial charge on any atom is 0.270 e. The molecule has 0 radical (unpaired) electrons. The van der Waals surface area contributed by atoms with E-state index in [1.165, 1.54) is 42.0 Å². The number of benzene rings is 2. The van der Waals surface area contributed by atoms with Gasteiger partial charge in [-0.1, -0.05) is 42.5 Å². The molecule has 1 aliphatic heterocycles. The molecule has 2 fully saturated rings. The number of rotatable bonds is 8. The van der Waals surface area contributed by atoms with E-state index in [1.54, 1.807) is 6.07 Å². The number of hydrogen-bond acceptors (Lipinski definition) is 4. The van der Waals surface area contributed by atoms with Crippen molar-refractivity contribution in [2.24, 2.45) is 5.92 Å². The molecule has 1 aliphatic carbocycles. The molecule has 8 heteroatoms. The Labute approximate surface area is 221 Å². The summed E-state index contributed by atoms with van der Waals surface area (Å²) in [5.41, 5.74) is 2.74. The Kier molecular flexibility index (Phi) is 7.49. The number of carbonyl (C=O) groups is 3. The van der Waals surface area contributed by atoms with Gasteiger partial charge in [0.05, 0.1) is 18.1 Å². The Bertz CT molecular complexity index is 1400. The van der Waals surface area contributed by atoms with Gasteiger partial charge in [-0.2, -0.15) is 0 Å². The SMILES string of the molecule is C[C@H](NC(=O)C1CCCN1C(=O)CNC(=O)c1ccc2cc(F)ccc2n1)c1ccccc1/C=C/C1CC1. The van der Waals surface area contributed by atoms with Crippen LogP contribution in [-0.2, 0) is 9.59 Å². The average Bonchev–Trinajstić information content (AvgIpc) is 3.62. The summed E-state index contributed by atoms with van der Waals surface area (Å²) >= 11 is 0. The standard InChI is InChI=1S/C30H31FN4O3/c1-19(24-6-3-2-5-21(24)11-10-20-8-9-20)33-30(38)27-7-4-16-35(27)28(36)18-32-29(37)26-14-12-22-17-23(31)13-15-25(22)34-26/h2-3,5-6,10-15,17,19-20,27H,4,7-9,16,18H2,1H3,(H,32,37)(H,33,38)/b11-10+/t19-,27?/m0/s1. The lowest BCUT2D eigenvalue weighted by molar-refractivity contribution is -0.137. The Morgan fingerprint density at radius 3 is 2.74 bits per heavy atom. The lowest BCUT2D eigenvalue weighted by Crippen LogP contribution is -2.49. The van der Waals surface area contributed by atoms with Crippen molar-refractivity contribution in [2.75, 3.05) is 13.1 Å². The summed E-state index contributed by atoms with van der Waals surface area (Å²) < 4.78 is 13.4. The van der Waals surface area contributed by atoms with E-state index in [0.29, 0.717) is 29.8 Å². The first-order chi connectivity index (χ1) is 18.4. The van der Waals surface area contributed by atoms with Gasteiger partial charge in [-0.05, 0) is 73.9 Å². The van der Waals surface area contributed by atoms with Gasteiger partial charge in [-0.3, -0.25) is 14.4 Å². The second kappa shape index (κ2) is 11.1. The van der Waals surface area contributed by atoms with Crippen molar-refractivity contribution in [2.45, 2.75) is 44.7 Å². The lowest BCUT2D eigenvalue weighted by atomic mass is 10.00. The number of nitrogens with one attached hydrogen (secondary N) is 2. The summed E-state index contributed by atoms with van der Waals surface area (Å²) in [4.78, 5) is 44.6. The van der Waals surface area contributed by atoms with Gasteiger partial charge in [0.25, 0.3) is 5.91 Å². The zero-order chi connectivity index (χ0) is 26.6. The fraction of sp³-hybridized carbons (Fsp3) is 0.333. The fourth-order valence-corrected chi connectivity index (χ4v) is 4.88. The minimum atomic E-state index is -0.579. The molecule has 0 bridgehead atoms. The molecule has 5 rings (SSSR count). The van der Waals surface area contributed by atoms with E-state index < -0.39 is 11.9 Å². The molecule has 1 unspecified atom stereocenters. The van der Waals surface area contributed by atoms with E-state index in [9.17, 15) is 18.8 Å². The molecule has 1 saturated carbocycles. The van der Waals surface area contributed by atoms with Crippen LogP contribution >= 0.6 is 0 Å². The number of hydrogen-bond donors (Lipinski definition) is 2. The molecule has 38 heavy (non-hydrogen) atoms. The summed E-state index contributed by atoms with van der Waals surface area (Å²) in [7, 11) is 0. The Hall–Kier alpha value is -4.07. The van der Waals surface area contributed by atoms with Crippen LogP contribution in [0.1, 0.15) is 60.3 Å². The highest BCUT2D eigenvalue weighted by Gasteiger charge is 2.34. The maximum atomic E-state index is 13.4. The maximum absolute atomic E-state index is 13.4. The second-order valence-electron chi connectivity index (χ2n) is 10.0. The predicted molar refractivity (Wildman–Crippen MR) is 144 cm³/mol. The Morgan fingerprint density at radius 1 is 1.11 bits per heavy atom. The summed E-state index contributed by atoms with van der Waals surface area (Å²) in [6.45, 7) is 2.17. The first-order valence-electron chi connectivity index (χ1n) is 13.1. The number of fused-ring (bicyclic) bond motifs is 1. The molecule has 3 amide bonds. The number of aromatic nitrogens is 1. The number of allylic oxidation sites excluding steroid dienone is 1. The first-order valence-corrected chi connectivity index (χ1v) is 13.1. The zero-order valence-corrected chi connectivity index (χ0v) is 21.3. The summed E-state index contributed by atoms with van der Waals surface area (Å²) in [6.07, 6.45) is 8.12. The van der Waals surface area contributed by atoms with Crippen LogP contribution in [0.25, 0.3) is 17.0 Å². The van der Waals surface area contributed by atoms with Crippen molar-refractivity contribution < 1.29 is 18.8 Å². The van der Waals surface area contributed by atoms with Crippen molar-refractivity contribution in [3.63, 3.8) is 0 Å². The van der Waals surface area contributed by atoms with Crippen LogP contribution in [0, 0.1) is 11.7 Å². The van der Waals surface area contributed by atoms with Crippen molar-refractivity contribution in [3.05, 3.63) is 83.3 Å². The highest BCUT2D eigenvalue weighted by molar-refractivity contribution is 5.97. The Morgan fingerprint density at radius 2 is 1.92 bits per heavy atom. The molecule has 7 nitrogen and oxygen atoms in total. The molecule has 2 aliphatic rings. The third-order valence-corrected chi connectivity index (χ3v) is 7.15. The topological polar surface area (TPSA) is 91.4 Å². The normalized spacial score (nSPS) is 18.1. The predicted octanol–water partition coefficient (Wildman–Crippen LogP) is 4.40. The molecular formula is C30H31FN4O3.